The third-order valence-electron chi connectivity index (χ3n) is 7.44. The maximum atomic E-state index is 13.7. The van der Waals surface area contributed by atoms with Crippen LogP contribution < -0.4 is 20.9 Å². The molecule has 0 bridgehead atoms. The van der Waals surface area contributed by atoms with E-state index in [1.807, 2.05) is 28.8 Å². The minimum absolute atomic E-state index is 0.139. The van der Waals surface area contributed by atoms with E-state index in [0.717, 1.165) is 42.1 Å². The normalized spacial score (nSPS) is 19.0. The van der Waals surface area contributed by atoms with Crippen molar-refractivity contribution in [1.29, 1.82) is 0 Å². The van der Waals surface area contributed by atoms with E-state index in [-0.39, 0.29) is 17.8 Å². The zero-order chi connectivity index (χ0) is 25.6. The Balaban J connectivity index is 1.11. The fraction of sp³-hybridized carbons (Fsp3) is 0.321. The Morgan fingerprint density at radius 3 is 2.89 bits per heavy atom. The highest BCUT2D eigenvalue weighted by Gasteiger charge is 2.28. The molecule has 3 N–H and O–H groups in total. The molecule has 1 saturated carbocycles. The zero-order valence-electron chi connectivity index (χ0n) is 20.8. The highest BCUT2D eigenvalue weighted by atomic mass is 19.1. The maximum Gasteiger partial charge on any atom is 0.254 e. The summed E-state index contributed by atoms with van der Waals surface area (Å²) in [6.07, 6.45) is 7.94. The number of fused-ring (bicyclic) bond motifs is 2. The summed E-state index contributed by atoms with van der Waals surface area (Å²) in [6, 6.07) is 11.3. The smallest absolute Gasteiger partial charge is 0.254 e. The van der Waals surface area contributed by atoms with Crippen molar-refractivity contribution >= 4 is 28.7 Å². The van der Waals surface area contributed by atoms with E-state index in [9.17, 15) is 9.18 Å². The number of ether oxygens (including phenoxy) is 1. The average Bonchev–Trinajstić information content (AvgIpc) is 3.56. The number of anilines is 3. The van der Waals surface area contributed by atoms with Gasteiger partial charge in [0.15, 0.2) is 0 Å². The predicted octanol–water partition coefficient (Wildman–Crippen LogP) is 3.48. The summed E-state index contributed by atoms with van der Waals surface area (Å²) in [7, 11) is 0. The standard InChI is InChI=1S/C28H28FN7O2/c29-17-7-8-36-24(15-32-26(36)11-17)21-4-5-23(27-22(21)14-33-28(27)37)34-25-6-3-19(12-31-25)35-9-10-38-20(16-35)13-30-18-1-2-18/h3-8,11-12,15,18,20,30H,1-2,9-10,13-14,16H2,(H,31,34)(H,33,37)/t20-/m1/s1. The summed E-state index contributed by atoms with van der Waals surface area (Å²) in [5.74, 6) is 0.183. The number of carbonyl (C=O) groups is 1. The molecule has 3 aliphatic rings. The monoisotopic (exact) mass is 513 g/mol. The number of morpholine rings is 1. The fourth-order valence-electron chi connectivity index (χ4n) is 5.30. The van der Waals surface area contributed by atoms with Gasteiger partial charge in [-0.15, -0.1) is 0 Å². The number of hydrogen-bond acceptors (Lipinski definition) is 7. The van der Waals surface area contributed by atoms with Gasteiger partial charge in [0.1, 0.15) is 17.3 Å². The molecule has 1 amide bonds. The second kappa shape index (κ2) is 9.38. The van der Waals surface area contributed by atoms with Crippen LogP contribution in [0.4, 0.5) is 21.6 Å². The number of nitrogens with zero attached hydrogens (tertiary/aromatic N) is 4. The van der Waals surface area contributed by atoms with Gasteiger partial charge in [0.2, 0.25) is 0 Å². The predicted molar refractivity (Wildman–Crippen MR) is 142 cm³/mol. The van der Waals surface area contributed by atoms with Gasteiger partial charge in [-0.05, 0) is 42.7 Å². The molecule has 2 aliphatic heterocycles. The van der Waals surface area contributed by atoms with Crippen molar-refractivity contribution in [1.82, 2.24) is 25.0 Å². The van der Waals surface area contributed by atoms with Crippen LogP contribution in [0.1, 0.15) is 28.8 Å². The summed E-state index contributed by atoms with van der Waals surface area (Å²) in [5.41, 5.74) is 5.41. The summed E-state index contributed by atoms with van der Waals surface area (Å²) in [6.45, 7) is 3.65. The molecule has 10 heteroatoms. The van der Waals surface area contributed by atoms with E-state index < -0.39 is 0 Å². The zero-order valence-corrected chi connectivity index (χ0v) is 20.8. The van der Waals surface area contributed by atoms with Crippen LogP contribution >= 0.6 is 0 Å². The number of rotatable bonds is 7. The average molecular weight is 514 g/mol. The molecule has 7 rings (SSSR count). The highest BCUT2D eigenvalue weighted by Crippen LogP contribution is 2.35. The number of pyridine rings is 2. The molecule has 1 saturated heterocycles. The van der Waals surface area contributed by atoms with Gasteiger partial charge in [0, 0.05) is 50.0 Å². The SMILES string of the molecule is O=C1NCc2c(-c3cnc4cc(F)ccn34)ccc(Nc3ccc(N4CCO[C@H](CNC5CC5)C4)cn3)c21. The van der Waals surface area contributed by atoms with Crippen LogP contribution in [-0.4, -0.2) is 58.7 Å². The van der Waals surface area contributed by atoms with Gasteiger partial charge in [-0.25, -0.2) is 14.4 Å². The van der Waals surface area contributed by atoms with Crippen LogP contribution in [0.3, 0.4) is 0 Å². The van der Waals surface area contributed by atoms with Gasteiger partial charge in [-0.3, -0.25) is 9.20 Å². The first-order chi connectivity index (χ1) is 18.6. The van der Waals surface area contributed by atoms with Crippen molar-refractivity contribution < 1.29 is 13.9 Å². The third-order valence-corrected chi connectivity index (χ3v) is 7.44. The molecule has 0 unspecified atom stereocenters. The quantitative estimate of drug-likeness (QED) is 0.348. The second-order valence-electron chi connectivity index (χ2n) is 10.1. The first kappa shape index (κ1) is 23.1. The lowest BCUT2D eigenvalue weighted by molar-refractivity contribution is 0.0407. The Hall–Kier alpha value is -4.02. The Morgan fingerprint density at radius 1 is 1.13 bits per heavy atom. The van der Waals surface area contributed by atoms with Crippen molar-refractivity contribution in [2.24, 2.45) is 0 Å². The van der Waals surface area contributed by atoms with E-state index in [4.69, 9.17) is 4.74 Å². The lowest BCUT2D eigenvalue weighted by atomic mass is 9.99. The molecule has 9 nitrogen and oxygen atoms in total. The van der Waals surface area contributed by atoms with E-state index >= 15 is 0 Å². The Kier molecular flexibility index (Phi) is 5.70. The number of imidazole rings is 1. The summed E-state index contributed by atoms with van der Waals surface area (Å²) in [5, 5.41) is 9.82. The van der Waals surface area contributed by atoms with E-state index in [0.29, 0.717) is 41.9 Å². The molecule has 3 aromatic heterocycles. The minimum atomic E-state index is -0.339. The number of aromatic nitrogens is 3. The van der Waals surface area contributed by atoms with Crippen LogP contribution in [-0.2, 0) is 11.3 Å². The molecular formula is C28H28FN7O2. The molecule has 194 valence electrons. The van der Waals surface area contributed by atoms with Gasteiger partial charge in [0.05, 0.1) is 47.7 Å². The first-order valence-electron chi connectivity index (χ1n) is 13.0. The van der Waals surface area contributed by atoms with Crippen molar-refractivity contribution in [2.45, 2.75) is 31.5 Å². The van der Waals surface area contributed by atoms with Crippen molar-refractivity contribution in [3.05, 3.63) is 71.9 Å². The van der Waals surface area contributed by atoms with Gasteiger partial charge in [-0.1, -0.05) is 6.07 Å². The molecule has 2 fully saturated rings. The molecule has 0 radical (unpaired) electrons. The molecule has 4 aromatic rings. The molecule has 1 atom stereocenters. The maximum absolute atomic E-state index is 13.7. The van der Waals surface area contributed by atoms with Crippen LogP contribution in [0.2, 0.25) is 0 Å². The first-order valence-corrected chi connectivity index (χ1v) is 13.0. The van der Waals surface area contributed by atoms with Crippen LogP contribution in [0, 0.1) is 5.82 Å². The lowest BCUT2D eigenvalue weighted by Gasteiger charge is -2.34. The summed E-state index contributed by atoms with van der Waals surface area (Å²) in [4.78, 5) is 24.1. The fourth-order valence-corrected chi connectivity index (χ4v) is 5.30. The topological polar surface area (TPSA) is 95.8 Å². The van der Waals surface area contributed by atoms with Crippen LogP contribution in [0.15, 0.2) is 55.0 Å². The Bertz CT molecular complexity index is 1520. The van der Waals surface area contributed by atoms with E-state index in [1.165, 1.54) is 25.0 Å². The summed E-state index contributed by atoms with van der Waals surface area (Å²) >= 11 is 0. The molecular weight excluding hydrogens is 485 g/mol. The number of carbonyl (C=O) groups excluding carboxylic acids is 1. The van der Waals surface area contributed by atoms with Crippen molar-refractivity contribution in [3.8, 4) is 11.3 Å². The van der Waals surface area contributed by atoms with E-state index in [2.05, 4.69) is 36.9 Å². The molecule has 5 heterocycles. The van der Waals surface area contributed by atoms with Gasteiger partial charge >= 0.3 is 0 Å². The van der Waals surface area contributed by atoms with Gasteiger partial charge < -0.3 is 25.6 Å². The minimum Gasteiger partial charge on any atom is -0.373 e. The number of benzene rings is 1. The molecule has 1 aliphatic carbocycles. The highest BCUT2D eigenvalue weighted by molar-refractivity contribution is 6.06. The van der Waals surface area contributed by atoms with Crippen LogP contribution in [0.5, 0.6) is 0 Å². The van der Waals surface area contributed by atoms with E-state index in [1.54, 1.807) is 12.4 Å². The number of amides is 1. The molecule has 0 spiro atoms. The number of nitrogens with one attached hydrogen (secondary N) is 3. The Morgan fingerprint density at radius 2 is 2.05 bits per heavy atom. The van der Waals surface area contributed by atoms with Crippen molar-refractivity contribution in [3.63, 3.8) is 0 Å². The van der Waals surface area contributed by atoms with Crippen LogP contribution in [0.25, 0.3) is 16.9 Å². The number of hydrogen-bond donors (Lipinski definition) is 3. The third kappa shape index (κ3) is 4.35. The second-order valence-corrected chi connectivity index (χ2v) is 10.1. The largest absolute Gasteiger partial charge is 0.373 e. The van der Waals surface area contributed by atoms with Gasteiger partial charge in [-0.2, -0.15) is 0 Å². The molecule has 1 aromatic carbocycles. The summed E-state index contributed by atoms with van der Waals surface area (Å²) < 4.78 is 21.4. The lowest BCUT2D eigenvalue weighted by Crippen LogP contribution is -2.47. The molecule has 38 heavy (non-hydrogen) atoms. The van der Waals surface area contributed by atoms with Crippen molar-refractivity contribution in [2.75, 3.05) is 36.5 Å². The Labute approximate surface area is 219 Å². The number of halogens is 1. The van der Waals surface area contributed by atoms with Gasteiger partial charge in [0.25, 0.3) is 5.91 Å².